The molecule has 1 N–H and O–H groups in total. The maximum absolute atomic E-state index is 12.9. The molecule has 1 aromatic carbocycles. The number of nitrogens with one attached hydrogen (secondary N) is 1. The molecule has 2 rings (SSSR count). The smallest absolute Gasteiger partial charge is 0.253 e. The molecule has 0 radical (unpaired) electrons. The largest absolute Gasteiger partial charge is 0.341 e. The zero-order chi connectivity index (χ0) is 17.5. The van der Waals surface area contributed by atoms with Crippen LogP contribution in [0.5, 0.6) is 0 Å². The predicted molar refractivity (Wildman–Crippen MR) is 103 cm³/mol. The highest BCUT2D eigenvalue weighted by Gasteiger charge is 2.29. The molecule has 6 heteroatoms. The zero-order valence-electron chi connectivity index (χ0n) is 14.3. The van der Waals surface area contributed by atoms with Crippen LogP contribution in [0.2, 0.25) is 0 Å². The summed E-state index contributed by atoms with van der Waals surface area (Å²) in [4.78, 5) is 27.4. The molecule has 24 heavy (non-hydrogen) atoms. The molecule has 1 heterocycles. The van der Waals surface area contributed by atoms with E-state index in [-0.39, 0.29) is 11.8 Å². The summed E-state index contributed by atoms with van der Waals surface area (Å²) in [6.45, 7) is 3.76. The van der Waals surface area contributed by atoms with Crippen molar-refractivity contribution in [2.45, 2.75) is 32.2 Å². The van der Waals surface area contributed by atoms with Gasteiger partial charge in [0.25, 0.3) is 5.91 Å². The standard InChI is InChI=1S/C18H25BrN2O2S/c1-13-6-5-10-21(12-13)18(23)16(9-11-24-2)20-17(22)14-7-3-4-8-15(14)19/h3-4,7-8,13,16H,5-6,9-12H2,1-2H3,(H,20,22). The van der Waals surface area contributed by atoms with Crippen LogP contribution in [0.25, 0.3) is 0 Å². The number of amides is 2. The summed E-state index contributed by atoms with van der Waals surface area (Å²) in [5.41, 5.74) is 0.562. The summed E-state index contributed by atoms with van der Waals surface area (Å²) >= 11 is 5.09. The maximum Gasteiger partial charge on any atom is 0.253 e. The van der Waals surface area contributed by atoms with Crippen LogP contribution in [0.1, 0.15) is 36.5 Å². The van der Waals surface area contributed by atoms with Gasteiger partial charge in [0.05, 0.1) is 5.56 Å². The van der Waals surface area contributed by atoms with Gasteiger partial charge in [-0.05, 0) is 65.3 Å². The molecule has 0 aliphatic carbocycles. The van der Waals surface area contributed by atoms with E-state index < -0.39 is 6.04 Å². The van der Waals surface area contributed by atoms with Crippen LogP contribution >= 0.6 is 27.7 Å². The average molecular weight is 413 g/mol. The van der Waals surface area contributed by atoms with E-state index in [1.54, 1.807) is 17.8 Å². The van der Waals surface area contributed by atoms with E-state index in [0.29, 0.717) is 17.9 Å². The molecule has 2 amide bonds. The van der Waals surface area contributed by atoms with Gasteiger partial charge in [-0.3, -0.25) is 9.59 Å². The minimum Gasteiger partial charge on any atom is -0.341 e. The number of rotatable bonds is 6. The Kier molecular flexibility index (Phi) is 7.62. The predicted octanol–water partition coefficient (Wildman–Crippen LogP) is 3.56. The van der Waals surface area contributed by atoms with Crippen molar-refractivity contribution in [3.63, 3.8) is 0 Å². The number of hydrogen-bond donors (Lipinski definition) is 1. The Bertz CT molecular complexity index is 582. The molecule has 1 saturated heterocycles. The Morgan fingerprint density at radius 3 is 2.83 bits per heavy atom. The Labute approximate surface area is 156 Å². The molecule has 1 aliphatic rings. The summed E-state index contributed by atoms with van der Waals surface area (Å²) in [5.74, 6) is 1.22. The summed E-state index contributed by atoms with van der Waals surface area (Å²) in [6, 6.07) is 6.83. The molecule has 4 nitrogen and oxygen atoms in total. The summed E-state index contributed by atoms with van der Waals surface area (Å²) in [5, 5.41) is 2.95. The fraction of sp³-hybridized carbons (Fsp3) is 0.556. The molecule has 1 aliphatic heterocycles. The second-order valence-electron chi connectivity index (χ2n) is 6.32. The minimum atomic E-state index is -0.456. The zero-order valence-corrected chi connectivity index (χ0v) is 16.7. The van der Waals surface area contributed by atoms with Gasteiger partial charge in [-0.15, -0.1) is 0 Å². The first-order chi connectivity index (χ1) is 11.5. The van der Waals surface area contributed by atoms with Crippen LogP contribution in [0.4, 0.5) is 0 Å². The molecule has 0 saturated carbocycles. The number of piperidine rings is 1. The van der Waals surface area contributed by atoms with Crippen molar-refractivity contribution < 1.29 is 9.59 Å². The number of nitrogens with zero attached hydrogens (tertiary/aromatic N) is 1. The van der Waals surface area contributed by atoms with Crippen LogP contribution in [-0.4, -0.2) is 47.9 Å². The molecule has 132 valence electrons. The van der Waals surface area contributed by atoms with E-state index in [1.165, 1.54) is 6.42 Å². The van der Waals surface area contributed by atoms with E-state index in [4.69, 9.17) is 0 Å². The molecule has 2 atom stereocenters. The quantitative estimate of drug-likeness (QED) is 0.776. The average Bonchev–Trinajstić information content (AvgIpc) is 2.58. The van der Waals surface area contributed by atoms with Gasteiger partial charge in [0.2, 0.25) is 5.91 Å². The first-order valence-corrected chi connectivity index (χ1v) is 10.5. The summed E-state index contributed by atoms with van der Waals surface area (Å²) in [7, 11) is 0. The highest BCUT2D eigenvalue weighted by Crippen LogP contribution is 2.19. The van der Waals surface area contributed by atoms with Crippen molar-refractivity contribution in [1.29, 1.82) is 0 Å². The highest BCUT2D eigenvalue weighted by atomic mass is 79.9. The molecule has 0 bridgehead atoms. The van der Waals surface area contributed by atoms with Crippen LogP contribution in [-0.2, 0) is 4.79 Å². The van der Waals surface area contributed by atoms with Crippen molar-refractivity contribution in [2.75, 3.05) is 25.1 Å². The molecule has 1 fully saturated rings. The number of carbonyl (C=O) groups is 2. The lowest BCUT2D eigenvalue weighted by Crippen LogP contribution is -2.51. The van der Waals surface area contributed by atoms with E-state index in [2.05, 4.69) is 28.2 Å². The van der Waals surface area contributed by atoms with Crippen LogP contribution in [0.15, 0.2) is 28.7 Å². The van der Waals surface area contributed by atoms with Gasteiger partial charge in [0.15, 0.2) is 0 Å². The van der Waals surface area contributed by atoms with Crippen molar-refractivity contribution in [3.8, 4) is 0 Å². The summed E-state index contributed by atoms with van der Waals surface area (Å²) in [6.07, 6.45) is 4.88. The minimum absolute atomic E-state index is 0.0519. The number of thioether (sulfide) groups is 1. The van der Waals surface area contributed by atoms with Crippen molar-refractivity contribution in [2.24, 2.45) is 5.92 Å². The Balaban J connectivity index is 2.08. The first kappa shape index (κ1) is 19.3. The fourth-order valence-corrected chi connectivity index (χ4v) is 3.92. The Morgan fingerprint density at radius 1 is 1.42 bits per heavy atom. The number of hydrogen-bond acceptors (Lipinski definition) is 3. The van der Waals surface area contributed by atoms with Crippen molar-refractivity contribution in [3.05, 3.63) is 34.3 Å². The molecular formula is C18H25BrN2O2S. The topological polar surface area (TPSA) is 49.4 Å². The van der Waals surface area contributed by atoms with E-state index in [1.807, 2.05) is 29.4 Å². The van der Waals surface area contributed by atoms with Crippen molar-refractivity contribution >= 4 is 39.5 Å². The Hall–Kier alpha value is -1.01. The van der Waals surface area contributed by atoms with Gasteiger partial charge < -0.3 is 10.2 Å². The van der Waals surface area contributed by atoms with Gasteiger partial charge in [0.1, 0.15) is 6.04 Å². The third-order valence-electron chi connectivity index (χ3n) is 4.30. The van der Waals surface area contributed by atoms with E-state index in [0.717, 1.165) is 29.7 Å². The molecule has 0 aromatic heterocycles. The lowest BCUT2D eigenvalue weighted by Gasteiger charge is -2.33. The number of carbonyl (C=O) groups excluding carboxylic acids is 2. The number of benzene rings is 1. The maximum atomic E-state index is 12.9. The lowest BCUT2D eigenvalue weighted by atomic mass is 9.99. The van der Waals surface area contributed by atoms with Crippen LogP contribution in [0.3, 0.4) is 0 Å². The van der Waals surface area contributed by atoms with Crippen LogP contribution < -0.4 is 5.32 Å². The third kappa shape index (κ3) is 5.24. The normalized spacial score (nSPS) is 19.0. The molecular weight excluding hydrogens is 388 g/mol. The second kappa shape index (κ2) is 9.47. The fourth-order valence-electron chi connectivity index (χ4n) is 2.98. The molecule has 1 aromatic rings. The van der Waals surface area contributed by atoms with E-state index in [9.17, 15) is 9.59 Å². The number of likely N-dealkylation sites (tertiary alicyclic amines) is 1. The third-order valence-corrected chi connectivity index (χ3v) is 5.64. The SMILES string of the molecule is CSCCC(NC(=O)c1ccccc1Br)C(=O)N1CCCC(C)C1. The second-order valence-corrected chi connectivity index (χ2v) is 8.16. The van der Waals surface area contributed by atoms with Gasteiger partial charge in [-0.2, -0.15) is 11.8 Å². The Morgan fingerprint density at radius 2 is 2.17 bits per heavy atom. The van der Waals surface area contributed by atoms with Gasteiger partial charge >= 0.3 is 0 Å². The van der Waals surface area contributed by atoms with E-state index >= 15 is 0 Å². The van der Waals surface area contributed by atoms with Crippen molar-refractivity contribution in [1.82, 2.24) is 10.2 Å². The lowest BCUT2D eigenvalue weighted by molar-refractivity contribution is -0.135. The monoisotopic (exact) mass is 412 g/mol. The van der Waals surface area contributed by atoms with Gasteiger partial charge in [-0.1, -0.05) is 19.1 Å². The van der Waals surface area contributed by atoms with Gasteiger partial charge in [-0.25, -0.2) is 0 Å². The first-order valence-electron chi connectivity index (χ1n) is 8.36. The summed E-state index contributed by atoms with van der Waals surface area (Å²) < 4.78 is 0.741. The van der Waals surface area contributed by atoms with Crippen LogP contribution in [0, 0.1) is 5.92 Å². The number of halogens is 1. The molecule has 2 unspecified atom stereocenters. The molecule has 0 spiro atoms. The van der Waals surface area contributed by atoms with Gasteiger partial charge in [0, 0.05) is 17.6 Å². The highest BCUT2D eigenvalue weighted by molar-refractivity contribution is 9.10.